The van der Waals surface area contributed by atoms with E-state index in [4.69, 9.17) is 0 Å². The van der Waals surface area contributed by atoms with E-state index in [-0.39, 0.29) is 5.91 Å². The first kappa shape index (κ1) is 10.4. The molecule has 0 radical (unpaired) electrons. The lowest BCUT2D eigenvalue weighted by Gasteiger charge is -2.02. The normalized spacial score (nSPS) is 9.79. The summed E-state index contributed by atoms with van der Waals surface area (Å²) in [5, 5.41) is 2.58. The summed E-state index contributed by atoms with van der Waals surface area (Å²) in [7, 11) is 0. The number of anilines is 1. The molecule has 1 aromatic heterocycles. The van der Waals surface area contributed by atoms with Crippen molar-refractivity contribution in [3.8, 4) is 0 Å². The van der Waals surface area contributed by atoms with Gasteiger partial charge < -0.3 is 5.32 Å². The molecule has 0 saturated carbocycles. The van der Waals surface area contributed by atoms with Crippen LogP contribution in [-0.2, 0) is 4.79 Å². The molecule has 76 valence electrons. The van der Waals surface area contributed by atoms with E-state index in [0.717, 1.165) is 12.8 Å². The molecule has 0 fully saturated rings. The molecule has 0 atom stereocenters. The van der Waals surface area contributed by atoms with Gasteiger partial charge in [0.1, 0.15) is 5.82 Å². The molecular formula is C9H13N3O2. The SMILES string of the molecule is CCCCC(=O)Nc1ccnc(=O)[nH]1. The van der Waals surface area contributed by atoms with E-state index in [0.29, 0.717) is 12.2 Å². The first-order valence-corrected chi connectivity index (χ1v) is 4.57. The Morgan fingerprint density at radius 1 is 1.64 bits per heavy atom. The maximum absolute atomic E-state index is 11.2. The molecule has 0 bridgehead atoms. The van der Waals surface area contributed by atoms with Gasteiger partial charge in [-0.3, -0.25) is 9.78 Å². The standard InChI is InChI=1S/C9H13N3O2/c1-2-3-4-8(13)11-7-5-6-10-9(14)12-7/h5-6H,2-4H2,1H3,(H2,10,11,12,13,14). The number of nitrogens with one attached hydrogen (secondary N) is 2. The molecular weight excluding hydrogens is 182 g/mol. The number of rotatable bonds is 4. The molecule has 0 aromatic carbocycles. The van der Waals surface area contributed by atoms with Gasteiger partial charge in [0.05, 0.1) is 0 Å². The van der Waals surface area contributed by atoms with Crippen molar-refractivity contribution in [2.75, 3.05) is 5.32 Å². The van der Waals surface area contributed by atoms with Crippen LogP contribution in [0.3, 0.4) is 0 Å². The van der Waals surface area contributed by atoms with E-state index in [9.17, 15) is 9.59 Å². The molecule has 1 heterocycles. The Kier molecular flexibility index (Phi) is 3.84. The highest BCUT2D eigenvalue weighted by Gasteiger charge is 2.01. The monoisotopic (exact) mass is 195 g/mol. The minimum atomic E-state index is -0.460. The third-order valence-corrected chi connectivity index (χ3v) is 1.71. The van der Waals surface area contributed by atoms with E-state index >= 15 is 0 Å². The van der Waals surface area contributed by atoms with Gasteiger partial charge in [0.25, 0.3) is 0 Å². The number of aromatic amines is 1. The third kappa shape index (κ3) is 3.38. The van der Waals surface area contributed by atoms with Gasteiger partial charge in [-0.25, -0.2) is 9.78 Å². The second-order valence-corrected chi connectivity index (χ2v) is 2.94. The van der Waals surface area contributed by atoms with Gasteiger partial charge in [0.15, 0.2) is 0 Å². The highest BCUT2D eigenvalue weighted by Crippen LogP contribution is 2.00. The fourth-order valence-corrected chi connectivity index (χ4v) is 0.992. The summed E-state index contributed by atoms with van der Waals surface area (Å²) in [5.74, 6) is 0.305. The summed E-state index contributed by atoms with van der Waals surface area (Å²) in [6.07, 6.45) is 3.65. The van der Waals surface area contributed by atoms with E-state index < -0.39 is 5.69 Å². The zero-order valence-corrected chi connectivity index (χ0v) is 8.04. The first-order valence-electron chi connectivity index (χ1n) is 4.57. The molecule has 1 amide bonds. The minimum Gasteiger partial charge on any atom is -0.312 e. The van der Waals surface area contributed by atoms with Gasteiger partial charge in [-0.15, -0.1) is 0 Å². The van der Waals surface area contributed by atoms with Gasteiger partial charge in [-0.05, 0) is 12.5 Å². The van der Waals surface area contributed by atoms with Crippen LogP contribution in [0.25, 0.3) is 0 Å². The molecule has 5 heteroatoms. The molecule has 0 spiro atoms. The predicted octanol–water partition coefficient (Wildman–Crippen LogP) is 0.899. The molecule has 0 aliphatic heterocycles. The van der Waals surface area contributed by atoms with Crippen molar-refractivity contribution in [3.63, 3.8) is 0 Å². The van der Waals surface area contributed by atoms with Crippen molar-refractivity contribution in [1.29, 1.82) is 0 Å². The fraction of sp³-hybridized carbons (Fsp3) is 0.444. The Bertz CT molecular complexity index is 359. The summed E-state index contributed by atoms with van der Waals surface area (Å²) < 4.78 is 0. The average Bonchev–Trinajstić information content (AvgIpc) is 2.15. The number of H-pyrrole nitrogens is 1. The lowest BCUT2D eigenvalue weighted by Crippen LogP contribution is -2.17. The van der Waals surface area contributed by atoms with Crippen LogP contribution < -0.4 is 11.0 Å². The number of carbonyl (C=O) groups is 1. The number of nitrogens with zero attached hydrogens (tertiary/aromatic N) is 1. The van der Waals surface area contributed by atoms with Crippen molar-refractivity contribution in [3.05, 3.63) is 22.7 Å². The van der Waals surface area contributed by atoms with E-state index in [1.165, 1.54) is 6.20 Å². The Labute approximate surface area is 81.6 Å². The summed E-state index contributed by atoms with van der Waals surface area (Å²) >= 11 is 0. The molecule has 0 aliphatic rings. The van der Waals surface area contributed by atoms with Gasteiger partial charge >= 0.3 is 5.69 Å². The maximum atomic E-state index is 11.2. The molecule has 2 N–H and O–H groups in total. The number of amides is 1. The number of aromatic nitrogens is 2. The van der Waals surface area contributed by atoms with Gasteiger partial charge in [0, 0.05) is 12.6 Å². The lowest BCUT2D eigenvalue weighted by molar-refractivity contribution is -0.116. The smallest absolute Gasteiger partial charge is 0.312 e. The van der Waals surface area contributed by atoms with Crippen LogP contribution in [0.15, 0.2) is 17.1 Å². The molecule has 14 heavy (non-hydrogen) atoms. The minimum absolute atomic E-state index is 0.0892. The fourth-order valence-electron chi connectivity index (χ4n) is 0.992. The van der Waals surface area contributed by atoms with Crippen LogP contribution in [-0.4, -0.2) is 15.9 Å². The number of unbranched alkanes of at least 4 members (excludes halogenated alkanes) is 1. The van der Waals surface area contributed by atoms with Gasteiger partial charge in [-0.2, -0.15) is 0 Å². The van der Waals surface area contributed by atoms with Crippen LogP contribution in [0, 0.1) is 0 Å². The largest absolute Gasteiger partial charge is 0.346 e. The zero-order chi connectivity index (χ0) is 10.4. The molecule has 0 unspecified atom stereocenters. The predicted molar refractivity (Wildman–Crippen MR) is 53.0 cm³/mol. The Hall–Kier alpha value is -1.65. The summed E-state index contributed by atoms with van der Waals surface area (Å²) in [4.78, 5) is 27.9. The van der Waals surface area contributed by atoms with E-state index in [1.807, 2.05) is 6.92 Å². The molecule has 1 rings (SSSR count). The molecule has 1 aromatic rings. The first-order chi connectivity index (χ1) is 6.72. The van der Waals surface area contributed by atoms with Gasteiger partial charge in [-0.1, -0.05) is 13.3 Å². The van der Waals surface area contributed by atoms with Crippen LogP contribution in [0.2, 0.25) is 0 Å². The molecule has 5 nitrogen and oxygen atoms in total. The molecule has 0 aliphatic carbocycles. The van der Waals surface area contributed by atoms with Crippen molar-refractivity contribution in [2.24, 2.45) is 0 Å². The second kappa shape index (κ2) is 5.16. The third-order valence-electron chi connectivity index (χ3n) is 1.71. The maximum Gasteiger partial charge on any atom is 0.346 e. The average molecular weight is 195 g/mol. The Morgan fingerprint density at radius 2 is 2.43 bits per heavy atom. The quantitative estimate of drug-likeness (QED) is 0.749. The Morgan fingerprint density at radius 3 is 3.07 bits per heavy atom. The Balaban J connectivity index is 2.52. The topological polar surface area (TPSA) is 74.8 Å². The van der Waals surface area contributed by atoms with Crippen LogP contribution in [0.5, 0.6) is 0 Å². The number of hydrogen-bond acceptors (Lipinski definition) is 3. The van der Waals surface area contributed by atoms with E-state index in [1.54, 1.807) is 6.07 Å². The van der Waals surface area contributed by atoms with Crippen molar-refractivity contribution >= 4 is 11.7 Å². The van der Waals surface area contributed by atoms with Crippen LogP contribution >= 0.6 is 0 Å². The van der Waals surface area contributed by atoms with Crippen molar-refractivity contribution < 1.29 is 4.79 Å². The molecule has 0 saturated heterocycles. The van der Waals surface area contributed by atoms with Gasteiger partial charge in [0.2, 0.25) is 5.91 Å². The van der Waals surface area contributed by atoms with Crippen molar-refractivity contribution in [1.82, 2.24) is 9.97 Å². The number of hydrogen-bond donors (Lipinski definition) is 2. The summed E-state index contributed by atoms with van der Waals surface area (Å²) in [5.41, 5.74) is -0.460. The highest BCUT2D eigenvalue weighted by molar-refractivity contribution is 5.89. The van der Waals surface area contributed by atoms with E-state index in [2.05, 4.69) is 15.3 Å². The van der Waals surface area contributed by atoms with Crippen LogP contribution in [0.1, 0.15) is 26.2 Å². The summed E-state index contributed by atoms with van der Waals surface area (Å²) in [6.45, 7) is 2.02. The van der Waals surface area contributed by atoms with Crippen LogP contribution in [0.4, 0.5) is 5.82 Å². The lowest BCUT2D eigenvalue weighted by atomic mass is 10.2. The number of carbonyl (C=O) groups excluding carboxylic acids is 1. The van der Waals surface area contributed by atoms with Crippen molar-refractivity contribution in [2.45, 2.75) is 26.2 Å². The zero-order valence-electron chi connectivity index (χ0n) is 8.04. The summed E-state index contributed by atoms with van der Waals surface area (Å²) in [6, 6.07) is 1.55. The highest BCUT2D eigenvalue weighted by atomic mass is 16.2. The second-order valence-electron chi connectivity index (χ2n) is 2.94.